The van der Waals surface area contributed by atoms with Crippen molar-refractivity contribution in [2.75, 3.05) is 11.5 Å². The summed E-state index contributed by atoms with van der Waals surface area (Å²) >= 11 is 9.40. The highest BCUT2D eigenvalue weighted by Crippen LogP contribution is 2.32. The van der Waals surface area contributed by atoms with E-state index >= 15 is 0 Å². The topological polar surface area (TPSA) is 17.1 Å². The molecule has 0 aliphatic carbocycles. The Hall–Kier alpha value is -0.190. The molecular weight excluding hydrogens is 291 g/mol. The highest BCUT2D eigenvalue weighted by molar-refractivity contribution is 8.07. The summed E-state index contributed by atoms with van der Waals surface area (Å²) in [4.78, 5) is 12.2. The molecule has 0 spiro atoms. The van der Waals surface area contributed by atoms with Crippen LogP contribution in [0.3, 0.4) is 0 Å². The van der Waals surface area contributed by atoms with Crippen molar-refractivity contribution in [1.29, 1.82) is 0 Å². The Labute approximate surface area is 120 Å². The summed E-state index contributed by atoms with van der Waals surface area (Å²) in [5, 5.41) is 0.402. The van der Waals surface area contributed by atoms with Gasteiger partial charge >= 0.3 is 0 Å². The number of thioether (sulfide) groups is 2. The van der Waals surface area contributed by atoms with Gasteiger partial charge < -0.3 is 0 Å². The van der Waals surface area contributed by atoms with E-state index in [1.54, 1.807) is 23.9 Å². The van der Waals surface area contributed by atoms with E-state index in [1.165, 1.54) is 6.07 Å². The van der Waals surface area contributed by atoms with Crippen LogP contribution < -0.4 is 0 Å². The van der Waals surface area contributed by atoms with Crippen LogP contribution >= 0.6 is 35.1 Å². The molecule has 0 saturated carbocycles. The van der Waals surface area contributed by atoms with Crippen LogP contribution in [0.15, 0.2) is 18.2 Å². The molecule has 1 heterocycles. The molecule has 1 aliphatic heterocycles. The summed E-state index contributed by atoms with van der Waals surface area (Å²) < 4.78 is 13.3. The number of hydrogen-bond donors (Lipinski definition) is 0. The fraction of sp³-hybridized carbons (Fsp3) is 0.462. The molecule has 1 aliphatic rings. The Morgan fingerprint density at radius 3 is 2.89 bits per heavy atom. The van der Waals surface area contributed by atoms with E-state index in [4.69, 9.17) is 11.6 Å². The minimum absolute atomic E-state index is 0.00286. The molecule has 18 heavy (non-hydrogen) atoms. The first-order valence-corrected chi connectivity index (χ1v) is 8.26. The summed E-state index contributed by atoms with van der Waals surface area (Å²) in [6, 6.07) is 4.62. The van der Waals surface area contributed by atoms with Crippen LogP contribution in [0.5, 0.6) is 0 Å². The lowest BCUT2D eigenvalue weighted by molar-refractivity contribution is -0.117. The largest absolute Gasteiger partial charge is 0.298 e. The van der Waals surface area contributed by atoms with Crippen molar-refractivity contribution >= 4 is 40.9 Å². The van der Waals surface area contributed by atoms with Crippen molar-refractivity contribution in [2.24, 2.45) is 0 Å². The monoisotopic (exact) mass is 304 g/mol. The second-order valence-electron chi connectivity index (χ2n) is 4.22. The lowest BCUT2D eigenvalue weighted by Crippen LogP contribution is -2.32. The normalized spacial score (nSPS) is 23.9. The second-order valence-corrected chi connectivity index (χ2v) is 7.34. The molecule has 98 valence electrons. The Kier molecular flexibility index (Phi) is 4.98. The van der Waals surface area contributed by atoms with Crippen LogP contribution in [0.1, 0.15) is 12.5 Å². The lowest BCUT2D eigenvalue weighted by atomic mass is 10.1. The number of halogens is 2. The van der Waals surface area contributed by atoms with E-state index in [9.17, 15) is 9.18 Å². The molecule has 1 saturated heterocycles. The maximum Gasteiger partial charge on any atom is 0.151 e. The number of carbonyl (C=O) groups excluding carboxylic acids is 1. The molecule has 0 radical (unpaired) electrons. The van der Waals surface area contributed by atoms with E-state index in [-0.39, 0.29) is 22.5 Å². The predicted octanol–water partition coefficient (Wildman–Crippen LogP) is 3.83. The van der Waals surface area contributed by atoms with Crippen LogP contribution in [0.4, 0.5) is 4.39 Å². The molecule has 1 nitrogen and oxygen atoms in total. The summed E-state index contributed by atoms with van der Waals surface area (Å²) in [5.74, 6) is 1.78. The van der Waals surface area contributed by atoms with Gasteiger partial charge in [0.05, 0.1) is 10.3 Å². The molecule has 0 amide bonds. The molecular formula is C13H14ClFOS2. The zero-order chi connectivity index (χ0) is 13.1. The third kappa shape index (κ3) is 3.22. The van der Waals surface area contributed by atoms with E-state index < -0.39 is 5.82 Å². The van der Waals surface area contributed by atoms with Crippen LogP contribution in [-0.4, -0.2) is 27.8 Å². The number of carbonyl (C=O) groups is 1. The first-order valence-electron chi connectivity index (χ1n) is 5.78. The predicted molar refractivity (Wildman–Crippen MR) is 78.3 cm³/mol. The second kappa shape index (κ2) is 6.31. The van der Waals surface area contributed by atoms with Crippen LogP contribution in [0.2, 0.25) is 5.02 Å². The Morgan fingerprint density at radius 1 is 1.44 bits per heavy atom. The van der Waals surface area contributed by atoms with Crippen LogP contribution in [0, 0.1) is 5.82 Å². The van der Waals surface area contributed by atoms with Crippen LogP contribution in [0.25, 0.3) is 0 Å². The van der Waals surface area contributed by atoms with Gasteiger partial charge in [-0.05, 0) is 11.6 Å². The van der Waals surface area contributed by atoms with Crippen molar-refractivity contribution in [3.63, 3.8) is 0 Å². The molecule has 2 atom stereocenters. The summed E-state index contributed by atoms with van der Waals surface area (Å²) in [7, 11) is 0. The average molecular weight is 305 g/mol. The van der Waals surface area contributed by atoms with Crippen molar-refractivity contribution in [2.45, 2.75) is 23.8 Å². The zero-order valence-electron chi connectivity index (χ0n) is 9.99. The SMILES string of the molecule is CC1SCCSC1C(=O)Cc1cccc(F)c1Cl. The van der Waals surface area contributed by atoms with Crippen molar-refractivity contribution in [3.8, 4) is 0 Å². The van der Waals surface area contributed by atoms with E-state index in [2.05, 4.69) is 6.92 Å². The van der Waals surface area contributed by atoms with Crippen molar-refractivity contribution in [3.05, 3.63) is 34.6 Å². The third-order valence-corrected chi connectivity index (χ3v) is 6.46. The summed E-state index contributed by atoms with van der Waals surface area (Å²) in [6.45, 7) is 2.08. The molecule has 0 aromatic heterocycles. The van der Waals surface area contributed by atoms with E-state index in [0.717, 1.165) is 11.5 Å². The molecule has 1 aromatic carbocycles. The molecule has 0 bridgehead atoms. The Balaban J connectivity index is 2.09. The number of ketones is 1. The first kappa shape index (κ1) is 14.2. The minimum atomic E-state index is -0.458. The highest BCUT2D eigenvalue weighted by atomic mass is 35.5. The van der Waals surface area contributed by atoms with Crippen molar-refractivity contribution < 1.29 is 9.18 Å². The lowest BCUT2D eigenvalue weighted by Gasteiger charge is -2.26. The number of rotatable bonds is 3. The van der Waals surface area contributed by atoms with E-state index in [0.29, 0.717) is 10.8 Å². The average Bonchev–Trinajstić information content (AvgIpc) is 2.35. The van der Waals surface area contributed by atoms with Gasteiger partial charge in [-0.1, -0.05) is 30.7 Å². The minimum Gasteiger partial charge on any atom is -0.298 e. The molecule has 2 unspecified atom stereocenters. The first-order chi connectivity index (χ1) is 8.59. The van der Waals surface area contributed by atoms with Gasteiger partial charge in [0.15, 0.2) is 5.78 Å². The van der Waals surface area contributed by atoms with Gasteiger partial charge in [0.2, 0.25) is 0 Å². The molecule has 2 rings (SSSR count). The third-order valence-electron chi connectivity index (χ3n) is 2.90. The number of hydrogen-bond acceptors (Lipinski definition) is 3. The molecule has 5 heteroatoms. The van der Waals surface area contributed by atoms with Gasteiger partial charge in [-0.3, -0.25) is 4.79 Å². The fourth-order valence-corrected chi connectivity index (χ4v) is 4.89. The Morgan fingerprint density at radius 2 is 2.17 bits per heavy atom. The van der Waals surface area contributed by atoms with Crippen LogP contribution in [-0.2, 0) is 11.2 Å². The molecule has 1 fully saturated rings. The maximum absolute atomic E-state index is 13.3. The van der Waals surface area contributed by atoms with E-state index in [1.807, 2.05) is 11.8 Å². The molecule has 0 N–H and O–H groups in total. The zero-order valence-corrected chi connectivity index (χ0v) is 12.4. The van der Waals surface area contributed by atoms with Crippen molar-refractivity contribution in [1.82, 2.24) is 0 Å². The number of Topliss-reactive ketones (excluding diaryl/α,β-unsaturated/α-hetero) is 1. The summed E-state index contributed by atoms with van der Waals surface area (Å²) in [6.07, 6.45) is 0.221. The van der Waals surface area contributed by atoms with Gasteiger partial charge in [0.1, 0.15) is 5.82 Å². The standard InChI is InChI=1S/C13H14ClFOS2/c1-8-13(18-6-5-17-8)11(16)7-9-3-2-4-10(15)12(9)14/h2-4,8,13H,5-7H2,1H3. The summed E-state index contributed by atoms with van der Waals surface area (Å²) in [5.41, 5.74) is 0.588. The van der Waals surface area contributed by atoms with Gasteiger partial charge in [-0.2, -0.15) is 11.8 Å². The molecule has 1 aromatic rings. The smallest absolute Gasteiger partial charge is 0.151 e. The number of benzene rings is 1. The quantitative estimate of drug-likeness (QED) is 0.845. The van der Waals surface area contributed by atoms with Gasteiger partial charge in [-0.25, -0.2) is 4.39 Å². The Bertz CT molecular complexity index is 453. The van der Waals surface area contributed by atoms with Gasteiger partial charge in [0.25, 0.3) is 0 Å². The van der Waals surface area contributed by atoms with Gasteiger partial charge in [-0.15, -0.1) is 11.8 Å². The van der Waals surface area contributed by atoms with Gasteiger partial charge in [0, 0.05) is 23.2 Å². The fourth-order valence-electron chi connectivity index (χ4n) is 1.96. The maximum atomic E-state index is 13.3. The highest BCUT2D eigenvalue weighted by Gasteiger charge is 2.29.